The molecule has 0 unspecified atom stereocenters. The van der Waals surface area contributed by atoms with Crippen LogP contribution in [0.2, 0.25) is 0 Å². The van der Waals surface area contributed by atoms with Crippen LogP contribution in [0.5, 0.6) is 5.75 Å². The third-order valence-corrected chi connectivity index (χ3v) is 4.13. The number of benzene rings is 1. The first-order chi connectivity index (χ1) is 12.2. The molecule has 25 heavy (non-hydrogen) atoms. The number of methoxy groups -OCH3 is 1. The fraction of sp³-hybridized carbons (Fsp3) is 0.556. The number of anilines is 1. The Balaban J connectivity index is 1.84. The van der Waals surface area contributed by atoms with Crippen LogP contribution in [0.1, 0.15) is 26.2 Å². The molecule has 1 aromatic carbocycles. The predicted molar refractivity (Wildman–Crippen MR) is 95.9 cm³/mol. The van der Waals surface area contributed by atoms with Gasteiger partial charge in [-0.25, -0.2) is 4.79 Å². The molecule has 1 aliphatic rings. The van der Waals surface area contributed by atoms with Gasteiger partial charge in [-0.1, -0.05) is 0 Å². The van der Waals surface area contributed by atoms with Crippen LogP contribution < -0.4 is 15.4 Å². The Labute approximate surface area is 148 Å². The van der Waals surface area contributed by atoms with Gasteiger partial charge in [-0.15, -0.1) is 0 Å². The van der Waals surface area contributed by atoms with Gasteiger partial charge in [0.1, 0.15) is 11.8 Å². The second kappa shape index (κ2) is 9.88. The Morgan fingerprint density at radius 2 is 2.04 bits per heavy atom. The summed E-state index contributed by atoms with van der Waals surface area (Å²) in [6, 6.07) is 6.44. The number of likely N-dealkylation sites (tertiary alicyclic amines) is 1. The van der Waals surface area contributed by atoms with Gasteiger partial charge in [0.05, 0.1) is 7.11 Å². The van der Waals surface area contributed by atoms with E-state index < -0.39 is 6.04 Å². The van der Waals surface area contributed by atoms with E-state index in [0.29, 0.717) is 38.4 Å². The summed E-state index contributed by atoms with van der Waals surface area (Å²) in [5.41, 5.74) is 0.675. The van der Waals surface area contributed by atoms with Crippen molar-refractivity contribution in [2.45, 2.75) is 32.2 Å². The lowest BCUT2D eigenvalue weighted by molar-refractivity contribution is -0.124. The summed E-state index contributed by atoms with van der Waals surface area (Å²) in [6.45, 7) is 4.39. The summed E-state index contributed by atoms with van der Waals surface area (Å²) in [6.07, 6.45) is 2.28. The number of hydrogen-bond acceptors (Lipinski definition) is 4. The van der Waals surface area contributed by atoms with E-state index in [4.69, 9.17) is 9.47 Å². The average Bonchev–Trinajstić information content (AvgIpc) is 3.12. The number of carbonyl (C=O) groups excluding carboxylic acids is 2. The lowest BCUT2D eigenvalue weighted by atomic mass is 10.2. The molecule has 1 heterocycles. The van der Waals surface area contributed by atoms with Gasteiger partial charge in [-0.05, 0) is 50.5 Å². The maximum atomic E-state index is 12.5. The van der Waals surface area contributed by atoms with Crippen molar-refractivity contribution < 1.29 is 19.1 Å². The Kier molecular flexibility index (Phi) is 7.53. The molecule has 138 valence electrons. The lowest BCUT2D eigenvalue weighted by Crippen LogP contribution is -2.47. The van der Waals surface area contributed by atoms with E-state index in [9.17, 15) is 9.59 Å². The minimum absolute atomic E-state index is 0.0983. The minimum Gasteiger partial charge on any atom is -0.497 e. The van der Waals surface area contributed by atoms with E-state index in [0.717, 1.165) is 18.6 Å². The molecule has 0 aliphatic carbocycles. The molecule has 0 radical (unpaired) electrons. The maximum Gasteiger partial charge on any atom is 0.322 e. The van der Waals surface area contributed by atoms with E-state index in [1.54, 1.807) is 36.3 Å². The lowest BCUT2D eigenvalue weighted by Gasteiger charge is -2.24. The van der Waals surface area contributed by atoms with Crippen LogP contribution in [0, 0.1) is 0 Å². The Bertz CT molecular complexity index is 562. The zero-order chi connectivity index (χ0) is 18.1. The fourth-order valence-electron chi connectivity index (χ4n) is 2.80. The average molecular weight is 349 g/mol. The number of urea groups is 1. The third kappa shape index (κ3) is 5.63. The summed E-state index contributed by atoms with van der Waals surface area (Å²) >= 11 is 0. The molecule has 1 fully saturated rings. The van der Waals surface area contributed by atoms with Crippen molar-refractivity contribution in [1.82, 2.24) is 10.2 Å². The Morgan fingerprint density at radius 3 is 2.72 bits per heavy atom. The van der Waals surface area contributed by atoms with Gasteiger partial charge in [0.25, 0.3) is 0 Å². The van der Waals surface area contributed by atoms with Gasteiger partial charge >= 0.3 is 6.03 Å². The highest BCUT2D eigenvalue weighted by molar-refractivity contribution is 5.94. The number of hydrogen-bond donors (Lipinski definition) is 2. The van der Waals surface area contributed by atoms with Gasteiger partial charge in [-0.2, -0.15) is 0 Å². The summed E-state index contributed by atoms with van der Waals surface area (Å²) < 4.78 is 10.3. The molecule has 2 N–H and O–H groups in total. The van der Waals surface area contributed by atoms with Crippen molar-refractivity contribution >= 4 is 17.6 Å². The zero-order valence-electron chi connectivity index (χ0n) is 14.9. The molecule has 0 bridgehead atoms. The van der Waals surface area contributed by atoms with Gasteiger partial charge in [0, 0.05) is 32.0 Å². The van der Waals surface area contributed by atoms with Crippen molar-refractivity contribution in [3.8, 4) is 5.75 Å². The number of nitrogens with one attached hydrogen (secondary N) is 2. The molecule has 1 aromatic rings. The van der Waals surface area contributed by atoms with Crippen molar-refractivity contribution in [1.29, 1.82) is 0 Å². The molecule has 1 atom stereocenters. The standard InChI is InChI=1S/C18H27N3O4/c1-3-25-13-5-11-19-17(22)16-6-4-12-21(16)18(23)20-14-7-9-15(24-2)10-8-14/h7-10,16H,3-6,11-13H2,1-2H3,(H,19,22)(H,20,23)/t16-/m0/s1. The van der Waals surface area contributed by atoms with Gasteiger partial charge in [0.2, 0.25) is 5.91 Å². The largest absolute Gasteiger partial charge is 0.497 e. The van der Waals surface area contributed by atoms with E-state index in [1.807, 2.05) is 6.92 Å². The number of nitrogens with zero attached hydrogens (tertiary/aromatic N) is 1. The van der Waals surface area contributed by atoms with Crippen LogP contribution in [0.3, 0.4) is 0 Å². The number of carbonyl (C=O) groups is 2. The summed E-state index contributed by atoms with van der Waals surface area (Å²) in [4.78, 5) is 26.4. The molecule has 3 amide bonds. The van der Waals surface area contributed by atoms with Crippen molar-refractivity contribution in [3.63, 3.8) is 0 Å². The van der Waals surface area contributed by atoms with Crippen LogP contribution in [-0.4, -0.2) is 56.3 Å². The quantitative estimate of drug-likeness (QED) is 0.706. The fourth-order valence-corrected chi connectivity index (χ4v) is 2.80. The normalized spacial score (nSPS) is 16.6. The summed E-state index contributed by atoms with van der Waals surface area (Å²) in [5, 5.41) is 5.73. The van der Waals surface area contributed by atoms with Crippen LogP contribution >= 0.6 is 0 Å². The molecule has 7 heteroatoms. The first-order valence-electron chi connectivity index (χ1n) is 8.72. The van der Waals surface area contributed by atoms with Crippen LogP contribution in [0.4, 0.5) is 10.5 Å². The van der Waals surface area contributed by atoms with Crippen LogP contribution in [0.15, 0.2) is 24.3 Å². The third-order valence-electron chi connectivity index (χ3n) is 4.13. The number of rotatable bonds is 8. The highest BCUT2D eigenvalue weighted by Crippen LogP contribution is 2.20. The predicted octanol–water partition coefficient (Wildman–Crippen LogP) is 2.23. The highest BCUT2D eigenvalue weighted by Gasteiger charge is 2.33. The molecule has 7 nitrogen and oxygen atoms in total. The minimum atomic E-state index is -0.412. The highest BCUT2D eigenvalue weighted by atomic mass is 16.5. The molecule has 0 aromatic heterocycles. The SMILES string of the molecule is CCOCCCNC(=O)[C@@H]1CCCN1C(=O)Nc1ccc(OC)cc1. The van der Waals surface area contributed by atoms with Crippen molar-refractivity contribution in [2.24, 2.45) is 0 Å². The Morgan fingerprint density at radius 1 is 1.28 bits per heavy atom. The second-order valence-corrected chi connectivity index (χ2v) is 5.85. The van der Waals surface area contributed by atoms with Crippen LogP contribution in [0.25, 0.3) is 0 Å². The van der Waals surface area contributed by atoms with E-state index in [1.165, 1.54) is 0 Å². The monoisotopic (exact) mass is 349 g/mol. The van der Waals surface area contributed by atoms with Gasteiger partial charge in [-0.3, -0.25) is 4.79 Å². The van der Waals surface area contributed by atoms with E-state index >= 15 is 0 Å². The molecule has 2 rings (SSSR count). The van der Waals surface area contributed by atoms with Gasteiger partial charge < -0.3 is 25.0 Å². The first-order valence-corrected chi connectivity index (χ1v) is 8.72. The summed E-state index contributed by atoms with van der Waals surface area (Å²) in [5.74, 6) is 0.627. The van der Waals surface area contributed by atoms with Crippen molar-refractivity contribution in [2.75, 3.05) is 38.7 Å². The molecular weight excluding hydrogens is 322 g/mol. The molecular formula is C18H27N3O4. The van der Waals surface area contributed by atoms with Crippen LogP contribution in [-0.2, 0) is 9.53 Å². The first kappa shape index (κ1) is 19.1. The molecule has 1 aliphatic heterocycles. The molecule has 0 saturated carbocycles. The second-order valence-electron chi connectivity index (χ2n) is 5.85. The molecule has 1 saturated heterocycles. The molecule has 0 spiro atoms. The van der Waals surface area contributed by atoms with Crippen molar-refractivity contribution in [3.05, 3.63) is 24.3 Å². The van der Waals surface area contributed by atoms with E-state index in [2.05, 4.69) is 10.6 Å². The van der Waals surface area contributed by atoms with E-state index in [-0.39, 0.29) is 11.9 Å². The number of amides is 3. The number of ether oxygens (including phenoxy) is 2. The van der Waals surface area contributed by atoms with Gasteiger partial charge in [0.15, 0.2) is 0 Å². The topological polar surface area (TPSA) is 79.9 Å². The smallest absolute Gasteiger partial charge is 0.322 e. The maximum absolute atomic E-state index is 12.5. The zero-order valence-corrected chi connectivity index (χ0v) is 14.9. The summed E-state index contributed by atoms with van der Waals surface area (Å²) in [7, 11) is 1.59. The Hall–Kier alpha value is -2.28.